The van der Waals surface area contributed by atoms with Crippen LogP contribution in [0.2, 0.25) is 5.02 Å². The Balaban J connectivity index is 2.25. The number of likely N-dealkylation sites (N-methyl/N-ethyl adjacent to an activating group) is 1. The second kappa shape index (κ2) is 4.69. The summed E-state index contributed by atoms with van der Waals surface area (Å²) in [6.07, 6.45) is 1.92. The summed E-state index contributed by atoms with van der Waals surface area (Å²) >= 11 is 5.88. The van der Waals surface area contributed by atoms with E-state index in [1.165, 1.54) is 0 Å². The normalized spacial score (nSPS) is 16.6. The molecule has 3 heteroatoms. The van der Waals surface area contributed by atoms with Crippen molar-refractivity contribution < 1.29 is 4.79 Å². The van der Waals surface area contributed by atoms with Gasteiger partial charge in [-0.3, -0.25) is 4.79 Å². The number of carbonyl (C=O) groups is 1. The lowest BCUT2D eigenvalue weighted by molar-refractivity contribution is -0.133. The SMILES string of the molecule is CCN(CC)C(=O)C1(c2ccc(Cl)cc2)CC1. The van der Waals surface area contributed by atoms with Gasteiger partial charge in [-0.1, -0.05) is 23.7 Å². The number of hydrogen-bond acceptors (Lipinski definition) is 1. The van der Waals surface area contributed by atoms with Crippen LogP contribution < -0.4 is 0 Å². The van der Waals surface area contributed by atoms with E-state index in [4.69, 9.17) is 11.6 Å². The van der Waals surface area contributed by atoms with E-state index in [1.807, 2.05) is 43.0 Å². The minimum absolute atomic E-state index is 0.253. The number of benzene rings is 1. The molecular weight excluding hydrogens is 234 g/mol. The maximum Gasteiger partial charge on any atom is 0.233 e. The van der Waals surface area contributed by atoms with Gasteiger partial charge in [0.1, 0.15) is 0 Å². The highest BCUT2D eigenvalue weighted by molar-refractivity contribution is 6.30. The molecule has 0 bridgehead atoms. The predicted octanol–water partition coefficient (Wildman–Crippen LogP) is 3.24. The monoisotopic (exact) mass is 251 g/mol. The number of rotatable bonds is 4. The summed E-state index contributed by atoms with van der Waals surface area (Å²) in [5.74, 6) is 0.268. The smallest absolute Gasteiger partial charge is 0.233 e. The molecule has 1 aliphatic rings. The molecule has 0 spiro atoms. The maximum absolute atomic E-state index is 12.5. The van der Waals surface area contributed by atoms with Gasteiger partial charge in [-0.25, -0.2) is 0 Å². The van der Waals surface area contributed by atoms with E-state index in [9.17, 15) is 4.79 Å². The molecule has 0 unspecified atom stereocenters. The fourth-order valence-electron chi connectivity index (χ4n) is 2.33. The van der Waals surface area contributed by atoms with Crippen molar-refractivity contribution in [3.8, 4) is 0 Å². The molecule has 2 rings (SSSR count). The van der Waals surface area contributed by atoms with E-state index in [0.29, 0.717) is 0 Å². The lowest BCUT2D eigenvalue weighted by atomic mass is 9.94. The Morgan fingerprint density at radius 3 is 2.18 bits per heavy atom. The van der Waals surface area contributed by atoms with E-state index in [-0.39, 0.29) is 11.3 Å². The van der Waals surface area contributed by atoms with Gasteiger partial charge in [0.15, 0.2) is 0 Å². The Morgan fingerprint density at radius 2 is 1.76 bits per heavy atom. The third-order valence-corrected chi connectivity index (χ3v) is 3.86. The highest BCUT2D eigenvalue weighted by atomic mass is 35.5. The summed E-state index contributed by atoms with van der Waals surface area (Å²) in [6.45, 7) is 5.62. The topological polar surface area (TPSA) is 20.3 Å². The standard InChI is InChI=1S/C14H18ClNO/c1-3-16(4-2)13(17)14(9-10-14)11-5-7-12(15)8-6-11/h5-8H,3-4,9-10H2,1-2H3. The van der Waals surface area contributed by atoms with Gasteiger partial charge in [0.05, 0.1) is 5.41 Å². The van der Waals surface area contributed by atoms with Crippen LogP contribution in [0.4, 0.5) is 0 Å². The van der Waals surface area contributed by atoms with E-state index in [2.05, 4.69) is 0 Å². The van der Waals surface area contributed by atoms with Crippen LogP contribution in [0.15, 0.2) is 24.3 Å². The molecule has 0 aromatic heterocycles. The summed E-state index contributed by atoms with van der Waals surface area (Å²) in [6, 6.07) is 7.70. The molecule has 1 fully saturated rings. The fourth-order valence-corrected chi connectivity index (χ4v) is 2.46. The van der Waals surface area contributed by atoms with Gasteiger partial charge in [-0.2, -0.15) is 0 Å². The van der Waals surface area contributed by atoms with Crippen LogP contribution in [-0.4, -0.2) is 23.9 Å². The Labute approximate surface area is 108 Å². The van der Waals surface area contributed by atoms with E-state index >= 15 is 0 Å². The highest BCUT2D eigenvalue weighted by Crippen LogP contribution is 2.49. The van der Waals surface area contributed by atoms with Gasteiger partial charge < -0.3 is 4.90 Å². The number of carbonyl (C=O) groups excluding carboxylic acids is 1. The number of nitrogens with zero attached hydrogens (tertiary/aromatic N) is 1. The zero-order valence-electron chi connectivity index (χ0n) is 10.4. The van der Waals surface area contributed by atoms with Crippen molar-refractivity contribution in [1.29, 1.82) is 0 Å². The molecule has 0 atom stereocenters. The Hall–Kier alpha value is -1.02. The van der Waals surface area contributed by atoms with Gasteiger partial charge in [-0.15, -0.1) is 0 Å². The van der Waals surface area contributed by atoms with Crippen molar-refractivity contribution >= 4 is 17.5 Å². The van der Waals surface area contributed by atoms with Gasteiger partial charge in [0, 0.05) is 18.1 Å². The van der Waals surface area contributed by atoms with Crippen LogP contribution in [0.25, 0.3) is 0 Å². The Kier molecular flexibility index (Phi) is 3.43. The molecule has 1 amide bonds. The van der Waals surface area contributed by atoms with Crippen LogP contribution in [0.3, 0.4) is 0 Å². The second-order valence-electron chi connectivity index (χ2n) is 4.57. The molecule has 92 valence electrons. The quantitative estimate of drug-likeness (QED) is 0.805. The first-order valence-electron chi connectivity index (χ1n) is 6.19. The minimum atomic E-state index is -0.253. The van der Waals surface area contributed by atoms with Gasteiger partial charge >= 0.3 is 0 Å². The molecule has 0 N–H and O–H groups in total. The number of hydrogen-bond donors (Lipinski definition) is 0. The molecule has 1 aromatic rings. The molecule has 1 aromatic carbocycles. The fraction of sp³-hybridized carbons (Fsp3) is 0.500. The molecule has 2 nitrogen and oxygen atoms in total. The van der Waals surface area contributed by atoms with Gasteiger partial charge in [0.2, 0.25) is 5.91 Å². The Morgan fingerprint density at radius 1 is 1.24 bits per heavy atom. The van der Waals surface area contributed by atoms with Crippen LogP contribution in [0, 0.1) is 0 Å². The van der Waals surface area contributed by atoms with Crippen molar-refractivity contribution in [1.82, 2.24) is 4.90 Å². The minimum Gasteiger partial charge on any atom is -0.342 e. The molecule has 0 aliphatic heterocycles. The third-order valence-electron chi connectivity index (χ3n) is 3.61. The lowest BCUT2D eigenvalue weighted by Gasteiger charge is -2.25. The van der Waals surface area contributed by atoms with Gasteiger partial charge in [0.25, 0.3) is 0 Å². The molecule has 0 radical (unpaired) electrons. The summed E-state index contributed by atoms with van der Waals surface area (Å²) in [5, 5.41) is 0.722. The number of halogens is 1. The molecule has 1 saturated carbocycles. The first-order valence-corrected chi connectivity index (χ1v) is 6.57. The van der Waals surface area contributed by atoms with Crippen LogP contribution >= 0.6 is 11.6 Å². The van der Waals surface area contributed by atoms with E-state index < -0.39 is 0 Å². The second-order valence-corrected chi connectivity index (χ2v) is 5.00. The summed E-state index contributed by atoms with van der Waals surface area (Å²) in [4.78, 5) is 14.4. The first-order chi connectivity index (χ1) is 8.14. The van der Waals surface area contributed by atoms with E-state index in [1.54, 1.807) is 0 Å². The van der Waals surface area contributed by atoms with Crippen molar-refractivity contribution in [3.05, 3.63) is 34.9 Å². The third kappa shape index (κ3) is 2.19. The predicted molar refractivity (Wildman–Crippen MR) is 70.3 cm³/mol. The van der Waals surface area contributed by atoms with Crippen LogP contribution in [0.1, 0.15) is 32.3 Å². The molecule has 0 heterocycles. The zero-order chi connectivity index (χ0) is 12.5. The largest absolute Gasteiger partial charge is 0.342 e. The Bertz CT molecular complexity index is 405. The van der Waals surface area contributed by atoms with E-state index in [0.717, 1.165) is 36.5 Å². The zero-order valence-corrected chi connectivity index (χ0v) is 11.1. The summed E-state index contributed by atoms with van der Waals surface area (Å²) in [7, 11) is 0. The highest BCUT2D eigenvalue weighted by Gasteiger charge is 2.52. The molecule has 17 heavy (non-hydrogen) atoms. The maximum atomic E-state index is 12.5. The number of amides is 1. The van der Waals surface area contributed by atoms with Crippen molar-refractivity contribution in [3.63, 3.8) is 0 Å². The lowest BCUT2D eigenvalue weighted by Crippen LogP contribution is -2.39. The average Bonchev–Trinajstić information content (AvgIpc) is 3.13. The summed E-state index contributed by atoms with van der Waals surface area (Å²) < 4.78 is 0. The molecule has 1 aliphatic carbocycles. The molecule has 0 saturated heterocycles. The van der Waals surface area contributed by atoms with Gasteiger partial charge in [-0.05, 0) is 44.4 Å². The van der Waals surface area contributed by atoms with Crippen LogP contribution in [0.5, 0.6) is 0 Å². The van der Waals surface area contributed by atoms with Crippen molar-refractivity contribution in [2.45, 2.75) is 32.1 Å². The van der Waals surface area contributed by atoms with Crippen LogP contribution in [-0.2, 0) is 10.2 Å². The first kappa shape index (κ1) is 12.4. The summed E-state index contributed by atoms with van der Waals surface area (Å²) in [5.41, 5.74) is 0.857. The van der Waals surface area contributed by atoms with Crippen molar-refractivity contribution in [2.24, 2.45) is 0 Å². The molecular formula is C14H18ClNO. The average molecular weight is 252 g/mol. The van der Waals surface area contributed by atoms with Crippen molar-refractivity contribution in [2.75, 3.05) is 13.1 Å².